The van der Waals surface area contributed by atoms with Crippen LogP contribution < -0.4 is 5.32 Å². The first-order valence-electron chi connectivity index (χ1n) is 6.43. The maximum absolute atomic E-state index is 5.19. The third-order valence-corrected chi connectivity index (χ3v) is 3.30. The van der Waals surface area contributed by atoms with Gasteiger partial charge in [0.15, 0.2) is 0 Å². The zero-order valence-electron chi connectivity index (χ0n) is 11.1. The summed E-state index contributed by atoms with van der Waals surface area (Å²) in [5, 5.41) is 3.52. The summed E-state index contributed by atoms with van der Waals surface area (Å²) in [6, 6.07) is 9.03. The fourth-order valence-corrected chi connectivity index (χ4v) is 2.08. The van der Waals surface area contributed by atoms with Crippen LogP contribution in [0, 0.1) is 0 Å². The van der Waals surface area contributed by atoms with E-state index in [9.17, 15) is 0 Å². The third-order valence-electron chi connectivity index (χ3n) is 3.30. The smallest absolute Gasteiger partial charge is 0.0639 e. The van der Waals surface area contributed by atoms with Crippen LogP contribution in [0.25, 0.3) is 0 Å². The van der Waals surface area contributed by atoms with Gasteiger partial charge in [0.05, 0.1) is 6.61 Å². The highest BCUT2D eigenvalue weighted by Gasteiger charge is 2.23. The molecule has 1 saturated carbocycles. The van der Waals surface area contributed by atoms with E-state index >= 15 is 0 Å². The molecule has 2 nitrogen and oxygen atoms in total. The van der Waals surface area contributed by atoms with Crippen molar-refractivity contribution in [1.82, 2.24) is 5.32 Å². The fraction of sp³-hybridized carbons (Fsp3) is 0.600. The van der Waals surface area contributed by atoms with Gasteiger partial charge in [-0.1, -0.05) is 24.3 Å². The second-order valence-corrected chi connectivity index (χ2v) is 5.69. The average Bonchev–Trinajstić information content (AvgIpc) is 3.11. The van der Waals surface area contributed by atoms with Crippen LogP contribution in [-0.4, -0.2) is 19.3 Å². The van der Waals surface area contributed by atoms with E-state index in [1.165, 1.54) is 24.0 Å². The Morgan fingerprint density at radius 3 is 2.41 bits per heavy atom. The van der Waals surface area contributed by atoms with Gasteiger partial charge in [-0.2, -0.15) is 0 Å². The maximum Gasteiger partial charge on any atom is 0.0639 e. The normalized spacial score (nSPS) is 16.2. The van der Waals surface area contributed by atoms with Crippen molar-refractivity contribution in [3.8, 4) is 0 Å². The molecule has 1 fully saturated rings. The molecule has 0 heterocycles. The molecule has 0 spiro atoms. The lowest BCUT2D eigenvalue weighted by Gasteiger charge is -2.25. The lowest BCUT2D eigenvalue weighted by Crippen LogP contribution is -2.42. The van der Waals surface area contributed by atoms with Crippen molar-refractivity contribution in [2.45, 2.75) is 44.7 Å². The van der Waals surface area contributed by atoms with Crippen LogP contribution in [0.4, 0.5) is 0 Å². The highest BCUT2D eigenvalue weighted by molar-refractivity contribution is 5.28. The summed E-state index contributed by atoms with van der Waals surface area (Å²) < 4.78 is 5.19. The van der Waals surface area contributed by atoms with E-state index in [1.54, 1.807) is 7.11 Å². The standard InChI is InChI=1S/C15H23NO/c1-15(2,11-17-3)16-10-12-4-6-13(7-5-12)14-8-9-14/h4-7,14,16H,8-11H2,1-3H3. The largest absolute Gasteiger partial charge is 0.383 e. The summed E-state index contributed by atoms with van der Waals surface area (Å²) >= 11 is 0. The van der Waals surface area contributed by atoms with Gasteiger partial charge in [0, 0.05) is 19.2 Å². The minimum absolute atomic E-state index is 0.0317. The van der Waals surface area contributed by atoms with Crippen molar-refractivity contribution in [3.05, 3.63) is 35.4 Å². The second kappa shape index (κ2) is 5.19. The predicted octanol–water partition coefficient (Wildman–Crippen LogP) is 3.08. The van der Waals surface area contributed by atoms with Crippen molar-refractivity contribution < 1.29 is 4.74 Å². The van der Waals surface area contributed by atoms with Gasteiger partial charge in [-0.25, -0.2) is 0 Å². The second-order valence-electron chi connectivity index (χ2n) is 5.69. The van der Waals surface area contributed by atoms with E-state index in [2.05, 4.69) is 43.4 Å². The summed E-state index contributed by atoms with van der Waals surface area (Å²) in [5.41, 5.74) is 2.88. The molecule has 1 aliphatic carbocycles. The van der Waals surface area contributed by atoms with Crippen molar-refractivity contribution in [3.63, 3.8) is 0 Å². The van der Waals surface area contributed by atoms with Crippen molar-refractivity contribution in [2.24, 2.45) is 0 Å². The molecule has 2 heteroatoms. The topological polar surface area (TPSA) is 21.3 Å². The molecule has 2 rings (SSSR count). The molecular formula is C15H23NO. The van der Waals surface area contributed by atoms with E-state index in [4.69, 9.17) is 4.74 Å². The molecule has 0 atom stereocenters. The summed E-state index contributed by atoms with van der Waals surface area (Å²) in [7, 11) is 1.74. The Labute approximate surface area is 104 Å². The molecule has 1 N–H and O–H groups in total. The molecule has 0 radical (unpaired) electrons. The van der Waals surface area contributed by atoms with Gasteiger partial charge in [-0.3, -0.25) is 0 Å². The minimum atomic E-state index is 0.0317. The average molecular weight is 233 g/mol. The zero-order chi connectivity index (χ0) is 12.3. The van der Waals surface area contributed by atoms with Gasteiger partial charge in [0.1, 0.15) is 0 Å². The molecule has 1 aliphatic rings. The van der Waals surface area contributed by atoms with Gasteiger partial charge in [-0.15, -0.1) is 0 Å². The van der Waals surface area contributed by atoms with Crippen LogP contribution in [0.15, 0.2) is 24.3 Å². The SMILES string of the molecule is COCC(C)(C)NCc1ccc(C2CC2)cc1. The van der Waals surface area contributed by atoms with Crippen molar-refractivity contribution in [1.29, 1.82) is 0 Å². The number of benzene rings is 1. The van der Waals surface area contributed by atoms with E-state index < -0.39 is 0 Å². The van der Waals surface area contributed by atoms with E-state index in [1.807, 2.05) is 0 Å². The number of hydrogen-bond donors (Lipinski definition) is 1. The van der Waals surface area contributed by atoms with E-state index in [-0.39, 0.29) is 5.54 Å². The van der Waals surface area contributed by atoms with Gasteiger partial charge in [-0.05, 0) is 43.7 Å². The van der Waals surface area contributed by atoms with Crippen molar-refractivity contribution in [2.75, 3.05) is 13.7 Å². The summed E-state index contributed by atoms with van der Waals surface area (Å²) in [6.07, 6.45) is 2.75. The third kappa shape index (κ3) is 3.83. The van der Waals surface area contributed by atoms with Crippen LogP contribution in [0.2, 0.25) is 0 Å². The first-order chi connectivity index (χ1) is 8.11. The van der Waals surface area contributed by atoms with Gasteiger partial charge in [0.25, 0.3) is 0 Å². The quantitative estimate of drug-likeness (QED) is 0.815. The van der Waals surface area contributed by atoms with Gasteiger partial charge < -0.3 is 10.1 Å². The molecular weight excluding hydrogens is 210 g/mol. The van der Waals surface area contributed by atoms with Crippen LogP contribution in [-0.2, 0) is 11.3 Å². The Morgan fingerprint density at radius 1 is 1.24 bits per heavy atom. The van der Waals surface area contributed by atoms with Gasteiger partial charge >= 0.3 is 0 Å². The summed E-state index contributed by atoms with van der Waals surface area (Å²) in [4.78, 5) is 0. The molecule has 0 bridgehead atoms. The molecule has 0 saturated heterocycles. The Hall–Kier alpha value is -0.860. The summed E-state index contributed by atoms with van der Waals surface area (Å²) in [6.45, 7) is 5.96. The molecule has 17 heavy (non-hydrogen) atoms. The van der Waals surface area contributed by atoms with E-state index in [0.717, 1.165) is 19.1 Å². The van der Waals surface area contributed by atoms with E-state index in [0.29, 0.717) is 0 Å². The van der Waals surface area contributed by atoms with Crippen LogP contribution in [0.1, 0.15) is 43.7 Å². The lowest BCUT2D eigenvalue weighted by molar-refractivity contribution is 0.128. The predicted molar refractivity (Wildman–Crippen MR) is 71.2 cm³/mol. The molecule has 0 unspecified atom stereocenters. The highest BCUT2D eigenvalue weighted by Crippen LogP contribution is 2.39. The lowest BCUT2D eigenvalue weighted by atomic mass is 10.0. The number of methoxy groups -OCH3 is 1. The Kier molecular flexibility index (Phi) is 3.85. The number of hydrogen-bond acceptors (Lipinski definition) is 2. The fourth-order valence-electron chi connectivity index (χ4n) is 2.08. The molecule has 0 amide bonds. The first-order valence-corrected chi connectivity index (χ1v) is 6.43. The molecule has 94 valence electrons. The highest BCUT2D eigenvalue weighted by atomic mass is 16.5. The number of rotatable bonds is 6. The van der Waals surface area contributed by atoms with Crippen molar-refractivity contribution >= 4 is 0 Å². The van der Waals surface area contributed by atoms with Crippen LogP contribution in [0.5, 0.6) is 0 Å². The molecule has 1 aromatic rings. The molecule has 1 aromatic carbocycles. The van der Waals surface area contributed by atoms with Gasteiger partial charge in [0.2, 0.25) is 0 Å². The monoisotopic (exact) mass is 233 g/mol. The summed E-state index contributed by atoms with van der Waals surface area (Å²) in [5.74, 6) is 0.849. The van der Waals surface area contributed by atoms with Crippen LogP contribution >= 0.6 is 0 Å². The Balaban J connectivity index is 1.86. The molecule has 0 aliphatic heterocycles. The first kappa shape index (κ1) is 12.6. The number of ether oxygens (including phenoxy) is 1. The maximum atomic E-state index is 5.19. The minimum Gasteiger partial charge on any atom is -0.383 e. The Morgan fingerprint density at radius 2 is 1.88 bits per heavy atom. The Bertz CT molecular complexity index is 352. The number of nitrogens with one attached hydrogen (secondary N) is 1. The zero-order valence-corrected chi connectivity index (χ0v) is 11.1. The molecule has 0 aromatic heterocycles. The van der Waals surface area contributed by atoms with Crippen LogP contribution in [0.3, 0.4) is 0 Å².